The zero-order valence-corrected chi connectivity index (χ0v) is 24.6. The molecule has 5 heteroatoms. The summed E-state index contributed by atoms with van der Waals surface area (Å²) in [6.45, 7) is 7.48. The first-order valence-electron chi connectivity index (χ1n) is 15.2. The lowest BCUT2D eigenvalue weighted by atomic mass is 10.1. The van der Waals surface area contributed by atoms with E-state index in [1.807, 2.05) is 24.3 Å². The van der Waals surface area contributed by atoms with Crippen LogP contribution in [0, 0.1) is 5.92 Å². The van der Waals surface area contributed by atoms with Crippen molar-refractivity contribution >= 4 is 22.7 Å². The van der Waals surface area contributed by atoms with E-state index >= 15 is 0 Å². The lowest BCUT2D eigenvalue weighted by Crippen LogP contribution is -2.11. The molecule has 0 saturated heterocycles. The summed E-state index contributed by atoms with van der Waals surface area (Å²) in [6, 6.07) is 17.8. The van der Waals surface area contributed by atoms with Crippen molar-refractivity contribution in [1.29, 1.82) is 0 Å². The fourth-order valence-corrected chi connectivity index (χ4v) is 4.47. The lowest BCUT2D eigenvalue weighted by Gasteiger charge is -2.10. The second kappa shape index (κ2) is 17.4. The molecule has 1 unspecified atom stereocenters. The van der Waals surface area contributed by atoms with Crippen molar-refractivity contribution in [1.82, 2.24) is 0 Å². The fraction of sp³-hybridized carbons (Fsp3) is 0.486. The summed E-state index contributed by atoms with van der Waals surface area (Å²) in [5, 5.41) is 1.75. The van der Waals surface area contributed by atoms with Crippen LogP contribution < -0.4 is 9.47 Å². The second-order valence-corrected chi connectivity index (χ2v) is 10.8. The van der Waals surface area contributed by atoms with Gasteiger partial charge in [-0.2, -0.15) is 0 Å². The largest absolute Gasteiger partial charge is 0.494 e. The van der Waals surface area contributed by atoms with E-state index in [2.05, 4.69) is 20.8 Å². The van der Waals surface area contributed by atoms with E-state index in [-0.39, 0.29) is 5.97 Å². The Kier molecular flexibility index (Phi) is 13.5. The van der Waals surface area contributed by atoms with Crippen LogP contribution in [0.4, 0.5) is 0 Å². The van der Waals surface area contributed by atoms with Gasteiger partial charge in [0.25, 0.3) is 0 Å². The Labute approximate surface area is 240 Å². The molecule has 0 saturated carbocycles. The molecule has 0 aromatic heterocycles. The van der Waals surface area contributed by atoms with E-state index in [9.17, 15) is 9.59 Å². The summed E-state index contributed by atoms with van der Waals surface area (Å²) in [4.78, 5) is 25.0. The van der Waals surface area contributed by atoms with E-state index in [0.29, 0.717) is 36.0 Å². The monoisotopic (exact) mass is 546 g/mol. The number of fused-ring (bicyclic) bond motifs is 1. The van der Waals surface area contributed by atoms with Crippen molar-refractivity contribution in [2.24, 2.45) is 5.92 Å². The number of esters is 2. The first-order chi connectivity index (χ1) is 19.5. The van der Waals surface area contributed by atoms with Crippen LogP contribution in [-0.2, 0) is 4.74 Å². The molecule has 0 amide bonds. The van der Waals surface area contributed by atoms with Gasteiger partial charge in [-0.3, -0.25) is 0 Å². The van der Waals surface area contributed by atoms with Crippen molar-refractivity contribution in [3.63, 3.8) is 0 Å². The molecule has 3 aromatic carbocycles. The highest BCUT2D eigenvalue weighted by molar-refractivity contribution is 5.96. The molecule has 3 aromatic rings. The molecule has 0 radical (unpaired) electrons. The lowest BCUT2D eigenvalue weighted by molar-refractivity contribution is 0.0447. The van der Waals surface area contributed by atoms with Crippen LogP contribution in [0.5, 0.6) is 11.5 Å². The van der Waals surface area contributed by atoms with Gasteiger partial charge in [0.15, 0.2) is 0 Å². The number of carbonyl (C=O) groups is 2. The Morgan fingerprint density at radius 3 is 1.90 bits per heavy atom. The van der Waals surface area contributed by atoms with Crippen LogP contribution in [0.1, 0.15) is 112 Å². The third kappa shape index (κ3) is 10.7. The number of carbonyl (C=O) groups excluding carboxylic acids is 2. The van der Waals surface area contributed by atoms with Crippen LogP contribution in [0.2, 0.25) is 0 Å². The van der Waals surface area contributed by atoms with E-state index in [1.165, 1.54) is 57.8 Å². The number of rotatable bonds is 18. The highest BCUT2D eigenvalue weighted by atomic mass is 16.5. The number of hydrogen-bond acceptors (Lipinski definition) is 5. The summed E-state index contributed by atoms with van der Waals surface area (Å²) in [6.07, 6.45) is 13.9. The maximum Gasteiger partial charge on any atom is 0.343 e. The van der Waals surface area contributed by atoms with Crippen LogP contribution >= 0.6 is 0 Å². The van der Waals surface area contributed by atoms with Gasteiger partial charge in [0.2, 0.25) is 0 Å². The summed E-state index contributed by atoms with van der Waals surface area (Å²) >= 11 is 0. The average Bonchev–Trinajstić information content (AvgIpc) is 2.98. The summed E-state index contributed by atoms with van der Waals surface area (Å²) in [5.41, 5.74) is 0.974. The molecule has 3 rings (SSSR count). The van der Waals surface area contributed by atoms with E-state index < -0.39 is 5.97 Å². The molecule has 40 heavy (non-hydrogen) atoms. The van der Waals surface area contributed by atoms with Crippen molar-refractivity contribution < 1.29 is 23.8 Å². The number of unbranched alkanes of at least 4 members (excludes halogenated alkanes) is 9. The van der Waals surface area contributed by atoms with Crippen molar-refractivity contribution in [3.8, 4) is 11.5 Å². The van der Waals surface area contributed by atoms with Crippen LogP contribution in [0.25, 0.3) is 10.8 Å². The topological polar surface area (TPSA) is 61.8 Å². The van der Waals surface area contributed by atoms with Gasteiger partial charge in [0.05, 0.1) is 24.3 Å². The molecule has 0 heterocycles. The van der Waals surface area contributed by atoms with E-state index in [4.69, 9.17) is 14.2 Å². The quantitative estimate of drug-likeness (QED) is 0.0903. The maximum atomic E-state index is 12.7. The fourth-order valence-electron chi connectivity index (χ4n) is 4.47. The highest BCUT2D eigenvalue weighted by Gasteiger charge is 2.12. The number of hydrogen-bond donors (Lipinski definition) is 0. The Bertz CT molecular complexity index is 1180. The van der Waals surface area contributed by atoms with Crippen LogP contribution in [-0.4, -0.2) is 25.2 Å². The zero-order valence-electron chi connectivity index (χ0n) is 24.6. The van der Waals surface area contributed by atoms with Gasteiger partial charge < -0.3 is 14.2 Å². The van der Waals surface area contributed by atoms with E-state index in [0.717, 1.165) is 29.4 Å². The van der Waals surface area contributed by atoms with Gasteiger partial charge in [-0.05, 0) is 71.6 Å². The molecule has 1 atom stereocenters. The summed E-state index contributed by atoms with van der Waals surface area (Å²) in [7, 11) is 0. The number of benzene rings is 3. The standard InChI is InChI=1S/C35H46O5/c1-4-6-7-8-9-10-11-12-13-14-23-38-32-20-17-28(18-21-32)35(37)40-33-22-19-29-24-31(16-15-30(29)25-33)34(36)39-26-27(3)5-2/h15-22,24-25,27H,4-14,23,26H2,1-3H3. The Morgan fingerprint density at radius 1 is 0.650 bits per heavy atom. The van der Waals surface area contributed by atoms with Crippen LogP contribution in [0.15, 0.2) is 60.7 Å². The molecule has 0 fully saturated rings. The minimum Gasteiger partial charge on any atom is -0.494 e. The Morgan fingerprint density at radius 2 is 1.23 bits per heavy atom. The van der Waals surface area contributed by atoms with E-state index in [1.54, 1.807) is 36.4 Å². The van der Waals surface area contributed by atoms with Crippen LogP contribution in [0.3, 0.4) is 0 Å². The first kappa shape index (κ1) is 31.2. The average molecular weight is 547 g/mol. The normalized spacial score (nSPS) is 11.8. The smallest absolute Gasteiger partial charge is 0.343 e. The number of ether oxygens (including phenoxy) is 3. The molecular formula is C35H46O5. The third-order valence-corrected chi connectivity index (χ3v) is 7.31. The second-order valence-electron chi connectivity index (χ2n) is 10.8. The highest BCUT2D eigenvalue weighted by Crippen LogP contribution is 2.24. The molecular weight excluding hydrogens is 500 g/mol. The van der Waals surface area contributed by atoms with Gasteiger partial charge in [0, 0.05) is 0 Å². The molecule has 5 nitrogen and oxygen atoms in total. The van der Waals surface area contributed by atoms with Gasteiger partial charge in [-0.1, -0.05) is 97.1 Å². The molecule has 0 aliphatic heterocycles. The zero-order chi connectivity index (χ0) is 28.6. The third-order valence-electron chi connectivity index (χ3n) is 7.31. The SMILES string of the molecule is CCCCCCCCCCCCOc1ccc(C(=O)Oc2ccc3cc(C(=O)OCC(C)CC)ccc3c2)cc1. The Balaban J connectivity index is 1.40. The first-order valence-corrected chi connectivity index (χ1v) is 15.2. The summed E-state index contributed by atoms with van der Waals surface area (Å²) in [5.74, 6) is 0.793. The van der Waals surface area contributed by atoms with Crippen molar-refractivity contribution in [2.75, 3.05) is 13.2 Å². The molecule has 0 aliphatic carbocycles. The van der Waals surface area contributed by atoms with Crippen molar-refractivity contribution in [2.45, 2.75) is 91.4 Å². The van der Waals surface area contributed by atoms with Gasteiger partial charge in [-0.15, -0.1) is 0 Å². The predicted octanol–water partition coefficient (Wildman–Crippen LogP) is 9.56. The van der Waals surface area contributed by atoms with Gasteiger partial charge in [-0.25, -0.2) is 9.59 Å². The van der Waals surface area contributed by atoms with Crippen molar-refractivity contribution in [3.05, 3.63) is 71.8 Å². The summed E-state index contributed by atoms with van der Waals surface area (Å²) < 4.78 is 16.9. The molecule has 0 bridgehead atoms. The predicted molar refractivity (Wildman–Crippen MR) is 162 cm³/mol. The molecule has 0 spiro atoms. The minimum absolute atomic E-state index is 0.325. The maximum absolute atomic E-state index is 12.7. The van der Waals surface area contributed by atoms with Gasteiger partial charge >= 0.3 is 11.9 Å². The minimum atomic E-state index is -0.425. The molecule has 0 N–H and O–H groups in total. The molecule has 216 valence electrons. The molecule has 0 aliphatic rings. The van der Waals surface area contributed by atoms with Gasteiger partial charge in [0.1, 0.15) is 11.5 Å². The Hall–Kier alpha value is -3.34.